The van der Waals surface area contributed by atoms with Gasteiger partial charge in [-0.3, -0.25) is 0 Å². The number of ether oxygens (including phenoxy) is 1. The molecule has 0 aromatic carbocycles. The predicted octanol–water partition coefficient (Wildman–Crippen LogP) is 1.50. The Morgan fingerprint density at radius 3 is 2.79 bits per heavy atom. The highest BCUT2D eigenvalue weighted by Gasteiger charge is 2.35. The van der Waals surface area contributed by atoms with Gasteiger partial charge in [-0.25, -0.2) is 10.1 Å². The van der Waals surface area contributed by atoms with Gasteiger partial charge in [0.15, 0.2) is 0 Å². The number of hydrogen-bond donors (Lipinski definition) is 1. The number of nitrogens with one attached hydrogen (secondary N) is 1. The molecule has 0 aliphatic carbocycles. The summed E-state index contributed by atoms with van der Waals surface area (Å²) in [6.45, 7) is 1.57. The molecule has 0 spiro atoms. The van der Waals surface area contributed by atoms with Crippen molar-refractivity contribution >= 4 is 17.6 Å². The Balaban J connectivity index is 2.04. The highest BCUT2D eigenvalue weighted by molar-refractivity contribution is 6.17. The van der Waals surface area contributed by atoms with E-state index in [1.807, 2.05) is 0 Å². The van der Waals surface area contributed by atoms with Crippen LogP contribution in [-0.2, 0) is 10.9 Å². The van der Waals surface area contributed by atoms with E-state index in [1.165, 1.54) is 18.4 Å². The summed E-state index contributed by atoms with van der Waals surface area (Å²) in [6, 6.07) is 0. The fourth-order valence-corrected chi connectivity index (χ4v) is 1.95. The Hall–Kier alpha value is -3.18. The van der Waals surface area contributed by atoms with Gasteiger partial charge in [0.05, 0.1) is 25.1 Å². The van der Waals surface area contributed by atoms with E-state index in [-0.39, 0.29) is 11.5 Å². The number of alkyl halides is 3. The van der Waals surface area contributed by atoms with Crippen LogP contribution in [0.15, 0.2) is 45.5 Å². The molecule has 0 fully saturated rings. The largest absolute Gasteiger partial charge is 0.481 e. The standard InChI is InChI=1S/C12H11F3N8O/c1-7-10(22-6-8(5-17-22)12(13,14)15)11(19-21-18-7)23-16-4-3-9(20-23)24-2/h3-6,20H,1-2H3/q+1. The zero-order valence-corrected chi connectivity index (χ0v) is 12.5. The Morgan fingerprint density at radius 1 is 1.33 bits per heavy atom. The van der Waals surface area contributed by atoms with E-state index in [0.29, 0.717) is 11.6 Å². The third-order valence-corrected chi connectivity index (χ3v) is 3.07. The van der Waals surface area contributed by atoms with E-state index in [0.717, 1.165) is 17.1 Å². The smallest absolute Gasteiger partial charge is 0.419 e. The topological polar surface area (TPSA) is 93.5 Å². The van der Waals surface area contributed by atoms with Crippen LogP contribution in [0, 0.1) is 0 Å². The fourth-order valence-electron chi connectivity index (χ4n) is 1.95. The van der Waals surface area contributed by atoms with Crippen LogP contribution in [0.3, 0.4) is 0 Å². The Labute approximate surface area is 133 Å². The van der Waals surface area contributed by atoms with E-state index < -0.39 is 11.7 Å². The summed E-state index contributed by atoms with van der Waals surface area (Å²) >= 11 is 0. The van der Waals surface area contributed by atoms with Gasteiger partial charge in [-0.1, -0.05) is 0 Å². The second-order valence-corrected chi connectivity index (χ2v) is 4.64. The molecule has 1 aromatic heterocycles. The Bertz CT molecular complexity index is 801. The van der Waals surface area contributed by atoms with Crippen LogP contribution in [0.2, 0.25) is 0 Å². The van der Waals surface area contributed by atoms with Crippen molar-refractivity contribution in [1.82, 2.24) is 25.5 Å². The van der Waals surface area contributed by atoms with Crippen LogP contribution >= 0.6 is 0 Å². The van der Waals surface area contributed by atoms with Crippen LogP contribution in [0.25, 0.3) is 5.70 Å². The quantitative estimate of drug-likeness (QED) is 0.902. The maximum absolute atomic E-state index is 12.8. The van der Waals surface area contributed by atoms with Crippen molar-refractivity contribution in [3.05, 3.63) is 35.7 Å². The van der Waals surface area contributed by atoms with Crippen LogP contribution in [0.5, 0.6) is 0 Å². The summed E-state index contributed by atoms with van der Waals surface area (Å²) in [5.74, 6) is 0.474. The molecular weight excluding hydrogens is 329 g/mol. The first-order valence-electron chi connectivity index (χ1n) is 6.57. The average Bonchev–Trinajstić information content (AvgIpc) is 3.04. The van der Waals surface area contributed by atoms with Crippen molar-refractivity contribution in [2.24, 2.45) is 15.3 Å². The predicted molar refractivity (Wildman–Crippen MR) is 76.7 cm³/mol. The summed E-state index contributed by atoms with van der Waals surface area (Å²) < 4.78 is 44.5. The van der Waals surface area contributed by atoms with Gasteiger partial charge < -0.3 is 4.74 Å². The summed E-state index contributed by atoms with van der Waals surface area (Å²) in [5.41, 5.74) is 2.40. The molecule has 0 saturated carbocycles. The summed E-state index contributed by atoms with van der Waals surface area (Å²) in [4.78, 5) is 0. The number of nitrogens with zero attached hydrogens (tertiary/aromatic N) is 7. The van der Waals surface area contributed by atoms with Crippen molar-refractivity contribution in [2.45, 2.75) is 13.1 Å². The van der Waals surface area contributed by atoms with Crippen molar-refractivity contribution in [3.63, 3.8) is 0 Å². The number of halogens is 3. The van der Waals surface area contributed by atoms with Crippen molar-refractivity contribution in [1.29, 1.82) is 0 Å². The number of hydrogen-bond acceptors (Lipinski definition) is 8. The van der Waals surface area contributed by atoms with Crippen LogP contribution in [0.4, 0.5) is 13.2 Å². The minimum absolute atomic E-state index is 0.109. The summed E-state index contributed by atoms with van der Waals surface area (Å²) in [5, 5.41) is 20.2. The molecule has 1 radical (unpaired) electrons. The van der Waals surface area contributed by atoms with Crippen molar-refractivity contribution < 1.29 is 17.9 Å². The number of rotatable bonds is 3. The highest BCUT2D eigenvalue weighted by atomic mass is 19.4. The van der Waals surface area contributed by atoms with Crippen LogP contribution < -0.4 is 10.6 Å². The molecule has 0 unspecified atom stereocenters. The third-order valence-electron chi connectivity index (χ3n) is 3.07. The number of hydrazone groups is 1. The van der Waals surface area contributed by atoms with E-state index in [2.05, 4.69) is 31.1 Å². The molecule has 0 saturated heterocycles. The zero-order chi connectivity index (χ0) is 17.3. The fraction of sp³-hybridized carbons (Fsp3) is 0.250. The van der Waals surface area contributed by atoms with E-state index in [4.69, 9.17) is 4.74 Å². The molecule has 9 nitrogen and oxygen atoms in total. The van der Waals surface area contributed by atoms with Gasteiger partial charge in [0.2, 0.25) is 5.88 Å². The lowest BCUT2D eigenvalue weighted by molar-refractivity contribution is -0.137. The molecular formula is C12H11F3N8O+. The minimum Gasteiger partial charge on any atom is -0.481 e. The Kier molecular flexibility index (Phi) is 3.79. The SMILES string of the molecule is COC1=CC=NN(C2=C(n3cc(C(F)(F)F)cn3)C(C)=N[N+]=N2)N1. The van der Waals surface area contributed by atoms with Crippen LogP contribution in [0.1, 0.15) is 12.5 Å². The number of aromatic nitrogens is 2. The van der Waals surface area contributed by atoms with Gasteiger partial charge in [0, 0.05) is 12.3 Å². The second-order valence-electron chi connectivity index (χ2n) is 4.64. The van der Waals surface area contributed by atoms with Gasteiger partial charge in [-0.2, -0.15) is 23.4 Å². The lowest BCUT2D eigenvalue weighted by Crippen LogP contribution is -2.37. The average molecular weight is 340 g/mol. The molecule has 12 heteroatoms. The van der Waals surface area contributed by atoms with E-state index >= 15 is 0 Å². The van der Waals surface area contributed by atoms with Crippen molar-refractivity contribution in [3.8, 4) is 0 Å². The first-order valence-corrected chi connectivity index (χ1v) is 6.57. The van der Waals surface area contributed by atoms with Crippen molar-refractivity contribution in [2.75, 3.05) is 7.11 Å². The number of allylic oxidation sites excluding steroid dienone is 2. The molecule has 3 heterocycles. The van der Waals surface area contributed by atoms with Gasteiger partial charge >= 0.3 is 11.4 Å². The summed E-state index contributed by atoms with van der Waals surface area (Å²) in [7, 11) is 1.45. The third kappa shape index (κ3) is 2.85. The zero-order valence-electron chi connectivity index (χ0n) is 12.5. The van der Waals surface area contributed by atoms with Gasteiger partial charge in [0.1, 0.15) is 21.6 Å². The number of hydrazine groups is 1. The maximum Gasteiger partial charge on any atom is 0.419 e. The van der Waals surface area contributed by atoms with Gasteiger partial charge in [0.25, 0.3) is 5.82 Å². The first-order chi connectivity index (χ1) is 11.4. The van der Waals surface area contributed by atoms with E-state index in [1.54, 1.807) is 13.0 Å². The summed E-state index contributed by atoms with van der Waals surface area (Å²) in [6.07, 6.45) is 0.0504. The molecule has 3 rings (SSSR count). The molecule has 0 bridgehead atoms. The monoisotopic (exact) mass is 340 g/mol. The van der Waals surface area contributed by atoms with Crippen LogP contribution in [-0.4, -0.2) is 33.9 Å². The molecule has 0 atom stereocenters. The number of methoxy groups -OCH3 is 1. The minimum atomic E-state index is -4.51. The lowest BCUT2D eigenvalue weighted by Gasteiger charge is -2.23. The molecule has 24 heavy (non-hydrogen) atoms. The van der Waals surface area contributed by atoms with Gasteiger partial charge in [-0.05, 0) is 6.92 Å². The molecule has 125 valence electrons. The Morgan fingerprint density at radius 2 is 2.12 bits per heavy atom. The second kappa shape index (κ2) is 5.79. The molecule has 2 aliphatic heterocycles. The molecule has 1 N–H and O–H groups in total. The molecule has 2 aliphatic rings. The van der Waals surface area contributed by atoms with Gasteiger partial charge in [-0.15, -0.1) is 5.12 Å². The van der Waals surface area contributed by atoms with E-state index in [9.17, 15) is 13.2 Å². The maximum atomic E-state index is 12.8. The lowest BCUT2D eigenvalue weighted by atomic mass is 10.3. The molecule has 1 aromatic rings. The first kappa shape index (κ1) is 15.7. The normalized spacial score (nSPS) is 17.6. The highest BCUT2D eigenvalue weighted by Crippen LogP contribution is 2.30. The molecule has 0 amide bonds.